The van der Waals surface area contributed by atoms with Gasteiger partial charge in [-0.3, -0.25) is 0 Å². The number of benzene rings is 3. The average molecular weight is 1100 g/mol. The topological polar surface area (TPSA) is 167 Å². The predicted octanol–water partition coefficient (Wildman–Crippen LogP) is 8.74. The second-order valence-electron chi connectivity index (χ2n) is 21.4. The fourth-order valence-corrected chi connectivity index (χ4v) is 6.76. The molecule has 69 heavy (non-hydrogen) atoms. The summed E-state index contributed by atoms with van der Waals surface area (Å²) in [5.74, 6) is -1.03. The van der Waals surface area contributed by atoms with Gasteiger partial charge in [0.1, 0.15) is 27.8 Å². The van der Waals surface area contributed by atoms with Crippen LogP contribution in [0.4, 0.5) is 0 Å². The van der Waals surface area contributed by atoms with Crippen molar-refractivity contribution in [2.24, 2.45) is 4.40 Å². The normalized spacial score (nSPS) is 14.0. The van der Waals surface area contributed by atoms with E-state index in [1.807, 2.05) is 163 Å². The van der Waals surface area contributed by atoms with Crippen molar-refractivity contribution in [3.8, 4) is 0 Å². The van der Waals surface area contributed by atoms with Gasteiger partial charge in [-0.15, -0.1) is 0 Å². The summed E-state index contributed by atoms with van der Waals surface area (Å²) in [6.07, 6.45) is 1.56. The Bertz CT molecular complexity index is 2030. The number of hydrogen-bond donors (Lipinski definition) is 2. The Labute approximate surface area is 451 Å². The van der Waals surface area contributed by atoms with E-state index >= 15 is 0 Å². The van der Waals surface area contributed by atoms with E-state index in [9.17, 15) is 27.0 Å². The van der Waals surface area contributed by atoms with E-state index in [2.05, 4.69) is 13.8 Å². The smallest absolute Gasteiger partial charge is 1.00 e. The van der Waals surface area contributed by atoms with Gasteiger partial charge in [-0.1, -0.05) is 43.8 Å². The standard InChI is InChI=1S/2C17H27NO3S.C16H23NO3S.CH4.CH3.BrH.Mg/c2*1-12(18-22(20)17(5,6)7)13-8-10-14(11-9-13)15(19)21-16(2,3)4;1-15(2,3)20-14(18)13-9-7-12(8-10-13)11-17-21(19)16(4,5)6;;;;/h2*8-12,18H,1-7H3;7-11H,1-6H3;1H4;1H3;1H;/q;;;;-1;;+2/p-1/t12-,22+;12-,22-;21-;;;;/m100..../s1. The summed E-state index contributed by atoms with van der Waals surface area (Å²) in [5, 5.41) is 0. The van der Waals surface area contributed by atoms with Crippen LogP contribution in [0.1, 0.15) is 206 Å². The molecule has 0 amide bonds. The molecule has 0 aliphatic rings. The van der Waals surface area contributed by atoms with Crippen LogP contribution >= 0.6 is 0 Å². The van der Waals surface area contributed by atoms with Crippen LogP contribution in [0, 0.1) is 7.43 Å². The molecule has 2 N–H and O–H groups in total. The monoisotopic (exact) mass is 1090 g/mol. The number of nitrogens with one attached hydrogen (secondary N) is 2. The average Bonchev–Trinajstić information content (AvgIpc) is 3.14. The molecule has 3 aromatic carbocycles. The molecule has 0 aliphatic heterocycles. The molecule has 388 valence electrons. The molecule has 0 saturated carbocycles. The Morgan fingerprint density at radius 1 is 0.493 bits per heavy atom. The van der Waals surface area contributed by atoms with Gasteiger partial charge in [0, 0.05) is 18.3 Å². The summed E-state index contributed by atoms with van der Waals surface area (Å²) in [4.78, 5) is 35.8. The maximum atomic E-state index is 12.1. The van der Waals surface area contributed by atoms with Crippen LogP contribution in [0.5, 0.6) is 0 Å². The Hall–Kier alpha value is -2.64. The second-order valence-corrected chi connectivity index (χ2v) is 27.3. The third kappa shape index (κ3) is 30.1. The van der Waals surface area contributed by atoms with Crippen molar-refractivity contribution >= 4 is 80.1 Å². The summed E-state index contributed by atoms with van der Waals surface area (Å²) < 4.78 is 61.1. The van der Waals surface area contributed by atoms with Crippen molar-refractivity contribution in [3.63, 3.8) is 0 Å². The molecule has 0 aliphatic carbocycles. The number of ether oxygens (including phenoxy) is 3. The number of rotatable bonds is 11. The third-order valence-corrected chi connectivity index (χ3v) is 12.8. The zero-order valence-corrected chi connectivity index (χ0v) is 50.0. The molecule has 0 fully saturated rings. The molecule has 0 saturated heterocycles. The van der Waals surface area contributed by atoms with Crippen LogP contribution in [-0.4, -0.2) is 90.8 Å². The van der Waals surface area contributed by atoms with Crippen LogP contribution in [0.25, 0.3) is 0 Å². The molecule has 0 unspecified atom stereocenters. The van der Waals surface area contributed by atoms with Gasteiger partial charge in [0.2, 0.25) is 0 Å². The summed E-state index contributed by atoms with van der Waals surface area (Å²) >= 11 is 0. The van der Waals surface area contributed by atoms with Gasteiger partial charge in [-0.25, -0.2) is 36.5 Å². The molecule has 0 heterocycles. The van der Waals surface area contributed by atoms with Crippen molar-refractivity contribution in [2.45, 2.75) is 189 Å². The number of hydrogen-bond acceptors (Lipinski definition) is 9. The fourth-order valence-electron chi connectivity index (χ4n) is 4.61. The van der Waals surface area contributed by atoms with Crippen LogP contribution in [0.3, 0.4) is 0 Å². The van der Waals surface area contributed by atoms with E-state index in [-0.39, 0.29) is 99.1 Å². The maximum Gasteiger partial charge on any atom is 2.00 e. The first-order valence-corrected chi connectivity index (χ1v) is 25.0. The first kappa shape index (κ1) is 72.9. The minimum absolute atomic E-state index is 0. The maximum absolute atomic E-state index is 12.1. The van der Waals surface area contributed by atoms with E-state index in [1.54, 1.807) is 54.7 Å². The summed E-state index contributed by atoms with van der Waals surface area (Å²) in [6, 6.07) is 21.1. The van der Waals surface area contributed by atoms with Crippen LogP contribution < -0.4 is 26.4 Å². The Morgan fingerprint density at radius 2 is 0.739 bits per heavy atom. The van der Waals surface area contributed by atoms with Gasteiger partial charge in [0.05, 0.1) is 52.9 Å². The van der Waals surface area contributed by atoms with E-state index in [4.69, 9.17) is 14.2 Å². The fraction of sp³-hybridized carbons (Fsp3) is 0.558. The van der Waals surface area contributed by atoms with Crippen LogP contribution in [-0.2, 0) is 47.2 Å². The minimum atomic E-state index is -1.29. The zero-order chi connectivity index (χ0) is 50.5. The van der Waals surface area contributed by atoms with Crippen LogP contribution in [0.15, 0.2) is 77.2 Å². The largest absolute Gasteiger partial charge is 2.00 e. The molecule has 0 spiro atoms. The van der Waals surface area contributed by atoms with Gasteiger partial charge in [-0.2, -0.15) is 4.40 Å². The molecular weight excluding hydrogens is 1010 g/mol. The van der Waals surface area contributed by atoms with Crippen molar-refractivity contribution in [2.75, 3.05) is 0 Å². The van der Waals surface area contributed by atoms with Crippen LogP contribution in [0.2, 0.25) is 0 Å². The van der Waals surface area contributed by atoms with Gasteiger partial charge in [-0.05, 0) is 192 Å². The molecule has 0 aromatic heterocycles. The molecule has 3 aromatic rings. The summed E-state index contributed by atoms with van der Waals surface area (Å²) in [5.41, 5.74) is 2.74. The molecule has 0 bridgehead atoms. The van der Waals surface area contributed by atoms with Gasteiger partial charge in [0.15, 0.2) is 0 Å². The first-order chi connectivity index (χ1) is 29.3. The zero-order valence-electron chi connectivity index (χ0n) is 44.6. The quantitative estimate of drug-likeness (QED) is 0.0628. The molecule has 5 atom stereocenters. The second kappa shape index (κ2) is 30.4. The van der Waals surface area contributed by atoms with Crippen molar-refractivity contribution in [1.82, 2.24) is 9.44 Å². The van der Waals surface area contributed by atoms with Gasteiger partial charge >= 0.3 is 41.0 Å². The number of carbonyl (C=O) groups excluding carboxylic acids is 3. The predicted molar refractivity (Wildman–Crippen MR) is 288 cm³/mol. The number of carbonyl (C=O) groups is 3. The van der Waals surface area contributed by atoms with Crippen molar-refractivity contribution in [3.05, 3.63) is 114 Å². The van der Waals surface area contributed by atoms with Crippen molar-refractivity contribution in [1.29, 1.82) is 0 Å². The molecule has 12 nitrogen and oxygen atoms in total. The Morgan fingerprint density at radius 3 is 0.957 bits per heavy atom. The number of nitrogens with zero attached hydrogens (tertiary/aromatic N) is 1. The molecule has 17 heteroatoms. The number of esters is 3. The Kier molecular flexibility index (Phi) is 32.1. The van der Waals surface area contributed by atoms with E-state index < -0.39 is 49.8 Å². The summed E-state index contributed by atoms with van der Waals surface area (Å²) in [7, 11) is -3.56. The Balaban J connectivity index is -0.000000446. The third-order valence-electron chi connectivity index (χ3n) is 8.14. The molecule has 0 radical (unpaired) electrons. The van der Waals surface area contributed by atoms with E-state index in [0.717, 1.165) is 16.7 Å². The molecule has 3 rings (SSSR count). The number of halogens is 1. The first-order valence-electron chi connectivity index (χ1n) is 21.6. The minimum Gasteiger partial charge on any atom is -1.00 e. The van der Waals surface area contributed by atoms with E-state index in [0.29, 0.717) is 16.7 Å². The SMILES string of the molecule is C.CC(C)(C)OC(=O)c1ccc(C=N[S@@](=O)C(C)(C)C)cc1.C[C@@H](N[S@@](=O)C(C)(C)C)c1ccc(C(=O)OC(C)(C)C)cc1.C[C@H](N[S@@](=O)C(C)(C)C)c1ccc(C(=O)OC(C)(C)C)cc1.[Br-].[CH3-].[Mg+2]. The van der Waals surface area contributed by atoms with Gasteiger partial charge < -0.3 is 38.6 Å². The summed E-state index contributed by atoms with van der Waals surface area (Å²) in [6.45, 7) is 37.6. The van der Waals surface area contributed by atoms with Crippen molar-refractivity contribution < 1.29 is 58.2 Å². The van der Waals surface area contributed by atoms with E-state index in [1.165, 1.54) is 0 Å². The van der Waals surface area contributed by atoms with Gasteiger partial charge in [0.25, 0.3) is 0 Å². The molecular formula is C52H84BrMgN3O9S3.